The molecule has 2 amide bonds. The van der Waals surface area contributed by atoms with Crippen molar-refractivity contribution in [3.05, 3.63) is 59.1 Å². The number of fused-ring (bicyclic) bond motifs is 1. The van der Waals surface area contributed by atoms with Crippen LogP contribution in [-0.2, 0) is 16.0 Å². The average molecular weight is 436 g/mol. The van der Waals surface area contributed by atoms with Gasteiger partial charge in [-0.05, 0) is 30.7 Å². The third-order valence-electron chi connectivity index (χ3n) is 5.09. The molecule has 7 nitrogen and oxygen atoms in total. The quantitative estimate of drug-likeness (QED) is 0.349. The van der Waals surface area contributed by atoms with Crippen molar-refractivity contribution in [3.63, 3.8) is 0 Å². The van der Waals surface area contributed by atoms with Crippen LogP contribution in [0.5, 0.6) is 0 Å². The topological polar surface area (TPSA) is 103 Å². The van der Waals surface area contributed by atoms with Crippen LogP contribution in [0, 0.1) is 12.8 Å². The standard InChI is InChI=1S/C23H25N5O2S/c1-13(2)22(29)25-19(10-15-12-24-17-7-5-4-6-16(15)17)23(30)26-21-11-18(27-28-21)20-9-8-14(3)31-20/h4-9,11-13,19,24H,10H2,1-3H3,(H,25,29)(H2,26,27,28,30). The molecule has 8 heteroatoms. The number of thiophene rings is 1. The molecule has 4 rings (SSSR count). The van der Waals surface area contributed by atoms with Gasteiger partial charge in [0.2, 0.25) is 11.8 Å². The molecular weight excluding hydrogens is 410 g/mol. The van der Waals surface area contributed by atoms with E-state index in [1.165, 1.54) is 4.88 Å². The minimum Gasteiger partial charge on any atom is -0.361 e. The van der Waals surface area contributed by atoms with Gasteiger partial charge < -0.3 is 15.6 Å². The van der Waals surface area contributed by atoms with Gasteiger partial charge in [0.05, 0.1) is 10.6 Å². The number of anilines is 1. The Morgan fingerprint density at radius 3 is 2.68 bits per heavy atom. The number of aromatic amines is 2. The molecule has 4 aromatic rings. The third kappa shape index (κ3) is 4.69. The lowest BCUT2D eigenvalue weighted by molar-refractivity contribution is -0.128. The van der Waals surface area contributed by atoms with Crippen molar-refractivity contribution in [1.82, 2.24) is 20.5 Å². The summed E-state index contributed by atoms with van der Waals surface area (Å²) < 4.78 is 0. The highest BCUT2D eigenvalue weighted by Gasteiger charge is 2.24. The van der Waals surface area contributed by atoms with Crippen LogP contribution < -0.4 is 10.6 Å². The highest BCUT2D eigenvalue weighted by atomic mass is 32.1. The molecule has 4 N–H and O–H groups in total. The summed E-state index contributed by atoms with van der Waals surface area (Å²) in [7, 11) is 0. The van der Waals surface area contributed by atoms with E-state index in [1.54, 1.807) is 31.3 Å². The van der Waals surface area contributed by atoms with Gasteiger partial charge >= 0.3 is 0 Å². The summed E-state index contributed by atoms with van der Waals surface area (Å²) in [5, 5.41) is 13.9. The fourth-order valence-electron chi connectivity index (χ4n) is 3.37. The Labute approximate surface area is 184 Å². The Kier molecular flexibility index (Phi) is 5.90. The highest BCUT2D eigenvalue weighted by molar-refractivity contribution is 7.15. The number of rotatable bonds is 7. The number of para-hydroxylation sites is 1. The summed E-state index contributed by atoms with van der Waals surface area (Å²) in [6.07, 6.45) is 2.26. The van der Waals surface area contributed by atoms with Gasteiger partial charge in [0, 0.05) is 40.4 Å². The van der Waals surface area contributed by atoms with Crippen LogP contribution in [0.15, 0.2) is 48.7 Å². The molecule has 160 valence electrons. The number of carbonyl (C=O) groups is 2. The van der Waals surface area contributed by atoms with Crippen LogP contribution in [0.3, 0.4) is 0 Å². The van der Waals surface area contributed by atoms with E-state index < -0.39 is 6.04 Å². The molecule has 31 heavy (non-hydrogen) atoms. The molecule has 0 aliphatic carbocycles. The van der Waals surface area contributed by atoms with Gasteiger partial charge in [0.1, 0.15) is 6.04 Å². The molecule has 0 fully saturated rings. The van der Waals surface area contributed by atoms with Crippen molar-refractivity contribution in [3.8, 4) is 10.6 Å². The SMILES string of the molecule is Cc1ccc(-c2cc(NC(=O)C(Cc3c[nH]c4ccccc34)NC(=O)C(C)C)n[nH]2)s1. The zero-order chi connectivity index (χ0) is 22.0. The number of nitrogens with zero attached hydrogens (tertiary/aromatic N) is 1. The van der Waals surface area contributed by atoms with Crippen molar-refractivity contribution in [2.45, 2.75) is 33.2 Å². The summed E-state index contributed by atoms with van der Waals surface area (Å²) in [4.78, 5) is 30.9. The second-order valence-electron chi connectivity index (χ2n) is 7.85. The number of aromatic nitrogens is 3. The molecule has 0 spiro atoms. The molecule has 0 saturated carbocycles. The van der Waals surface area contributed by atoms with Gasteiger partial charge in [-0.1, -0.05) is 32.0 Å². The maximum absolute atomic E-state index is 13.1. The Morgan fingerprint density at radius 2 is 1.94 bits per heavy atom. The number of amides is 2. The normalized spacial score (nSPS) is 12.3. The average Bonchev–Trinajstić information content (AvgIpc) is 3.47. The minimum atomic E-state index is -0.724. The summed E-state index contributed by atoms with van der Waals surface area (Å²) in [6.45, 7) is 5.65. The first-order valence-electron chi connectivity index (χ1n) is 10.2. The lowest BCUT2D eigenvalue weighted by Gasteiger charge is -2.19. The number of H-pyrrole nitrogens is 2. The number of nitrogens with one attached hydrogen (secondary N) is 4. The van der Waals surface area contributed by atoms with Crippen LogP contribution in [-0.4, -0.2) is 33.0 Å². The maximum atomic E-state index is 13.1. The molecule has 1 aromatic carbocycles. The highest BCUT2D eigenvalue weighted by Crippen LogP contribution is 2.27. The van der Waals surface area contributed by atoms with Gasteiger partial charge in [-0.15, -0.1) is 11.3 Å². The number of aryl methyl sites for hydroxylation is 1. The van der Waals surface area contributed by atoms with E-state index in [9.17, 15) is 9.59 Å². The van der Waals surface area contributed by atoms with Crippen molar-refractivity contribution in [2.24, 2.45) is 5.92 Å². The fourth-order valence-corrected chi connectivity index (χ4v) is 4.21. The first kappa shape index (κ1) is 20.9. The predicted molar refractivity (Wildman–Crippen MR) is 124 cm³/mol. The largest absolute Gasteiger partial charge is 0.361 e. The van der Waals surface area contributed by atoms with Gasteiger partial charge in [-0.2, -0.15) is 5.10 Å². The van der Waals surface area contributed by atoms with Crippen LogP contribution in [0.1, 0.15) is 24.3 Å². The number of hydrogen-bond acceptors (Lipinski definition) is 4. The Balaban J connectivity index is 1.54. The first-order chi connectivity index (χ1) is 14.9. The van der Waals surface area contributed by atoms with E-state index >= 15 is 0 Å². The number of hydrogen-bond donors (Lipinski definition) is 4. The fraction of sp³-hybridized carbons (Fsp3) is 0.261. The van der Waals surface area contributed by atoms with Gasteiger partial charge in [0.15, 0.2) is 5.82 Å². The molecule has 0 bridgehead atoms. The van der Waals surface area contributed by atoms with E-state index in [2.05, 4.69) is 25.8 Å². The van der Waals surface area contributed by atoms with E-state index in [1.807, 2.05) is 49.5 Å². The molecule has 3 aromatic heterocycles. The van der Waals surface area contributed by atoms with Crippen LogP contribution in [0.25, 0.3) is 21.5 Å². The molecule has 3 heterocycles. The zero-order valence-corrected chi connectivity index (χ0v) is 18.5. The lowest BCUT2D eigenvalue weighted by atomic mass is 10.0. The smallest absolute Gasteiger partial charge is 0.248 e. The Bertz CT molecular complexity index is 1220. The van der Waals surface area contributed by atoms with Gasteiger partial charge in [-0.25, -0.2) is 0 Å². The molecular formula is C23H25N5O2S. The Hall–Kier alpha value is -3.39. The van der Waals surface area contributed by atoms with E-state index in [0.29, 0.717) is 12.2 Å². The minimum absolute atomic E-state index is 0.170. The van der Waals surface area contributed by atoms with Crippen LogP contribution >= 0.6 is 11.3 Å². The van der Waals surface area contributed by atoms with Gasteiger partial charge in [-0.3, -0.25) is 14.7 Å². The first-order valence-corrected chi connectivity index (χ1v) is 11.0. The van der Waals surface area contributed by atoms with Crippen LogP contribution in [0.2, 0.25) is 0 Å². The van der Waals surface area contributed by atoms with E-state index in [4.69, 9.17) is 0 Å². The second kappa shape index (κ2) is 8.77. The zero-order valence-electron chi connectivity index (χ0n) is 17.7. The maximum Gasteiger partial charge on any atom is 0.248 e. The van der Waals surface area contributed by atoms with Crippen molar-refractivity contribution in [2.75, 3.05) is 5.32 Å². The second-order valence-corrected chi connectivity index (χ2v) is 9.13. The van der Waals surface area contributed by atoms with E-state index in [0.717, 1.165) is 27.0 Å². The van der Waals surface area contributed by atoms with Crippen LogP contribution in [0.4, 0.5) is 5.82 Å². The summed E-state index contributed by atoms with van der Waals surface area (Å²) in [5.74, 6) is -0.275. The summed E-state index contributed by atoms with van der Waals surface area (Å²) in [6, 6.07) is 13.0. The van der Waals surface area contributed by atoms with Gasteiger partial charge in [0.25, 0.3) is 0 Å². The number of carbonyl (C=O) groups excluding carboxylic acids is 2. The molecule has 0 saturated heterocycles. The van der Waals surface area contributed by atoms with E-state index in [-0.39, 0.29) is 17.7 Å². The number of benzene rings is 1. The molecule has 1 unspecified atom stereocenters. The van der Waals surface area contributed by atoms with Crippen molar-refractivity contribution in [1.29, 1.82) is 0 Å². The third-order valence-corrected chi connectivity index (χ3v) is 6.13. The Morgan fingerprint density at radius 1 is 1.13 bits per heavy atom. The lowest BCUT2D eigenvalue weighted by Crippen LogP contribution is -2.46. The molecule has 0 aliphatic rings. The molecule has 0 aliphatic heterocycles. The summed E-state index contributed by atoms with van der Waals surface area (Å²) in [5.41, 5.74) is 2.81. The van der Waals surface area contributed by atoms with Crippen molar-refractivity contribution < 1.29 is 9.59 Å². The molecule has 0 radical (unpaired) electrons. The monoisotopic (exact) mass is 435 g/mol. The van der Waals surface area contributed by atoms with Crippen molar-refractivity contribution >= 4 is 39.9 Å². The predicted octanol–water partition coefficient (Wildman–Crippen LogP) is 4.25. The molecule has 1 atom stereocenters. The summed E-state index contributed by atoms with van der Waals surface area (Å²) >= 11 is 1.65.